The number of carbonyl (C=O) groups is 1. The number of nitrogens with zero attached hydrogens (tertiary/aromatic N) is 1. The molecule has 15 heavy (non-hydrogen) atoms. The number of carbonyl (C=O) groups excluding carboxylic acids is 1. The van der Waals surface area contributed by atoms with Crippen molar-refractivity contribution in [2.45, 2.75) is 18.0 Å². The standard InChI is InChI=1S/C6H10N2O5S2/c7-4-5(9)8(13-15(10,11)12)6(4)1-2-14-3-6/h4H,1-3,7H2,(H,10,11,12). The van der Waals surface area contributed by atoms with E-state index in [1.807, 2.05) is 0 Å². The predicted molar refractivity (Wildman–Crippen MR) is 52.1 cm³/mol. The van der Waals surface area contributed by atoms with Gasteiger partial charge in [-0.2, -0.15) is 25.2 Å². The van der Waals surface area contributed by atoms with Gasteiger partial charge in [0, 0.05) is 5.75 Å². The minimum Gasteiger partial charge on any atom is -0.318 e. The van der Waals surface area contributed by atoms with E-state index >= 15 is 0 Å². The van der Waals surface area contributed by atoms with Gasteiger partial charge in [0.05, 0.1) is 0 Å². The van der Waals surface area contributed by atoms with E-state index in [4.69, 9.17) is 10.3 Å². The number of nitrogens with two attached hydrogens (primary N) is 1. The summed E-state index contributed by atoms with van der Waals surface area (Å²) < 4.78 is 33.8. The van der Waals surface area contributed by atoms with Crippen molar-refractivity contribution in [2.24, 2.45) is 5.73 Å². The Bertz CT molecular complexity index is 388. The molecule has 2 unspecified atom stereocenters. The molecule has 86 valence electrons. The highest BCUT2D eigenvalue weighted by molar-refractivity contribution is 7.99. The molecule has 2 heterocycles. The molecule has 2 fully saturated rings. The summed E-state index contributed by atoms with van der Waals surface area (Å²) in [4.78, 5) is 11.3. The van der Waals surface area contributed by atoms with Crippen LogP contribution in [0.25, 0.3) is 0 Å². The van der Waals surface area contributed by atoms with Crippen LogP contribution >= 0.6 is 11.8 Å². The van der Waals surface area contributed by atoms with E-state index in [0.717, 1.165) is 5.75 Å². The molecule has 2 aliphatic rings. The van der Waals surface area contributed by atoms with Gasteiger partial charge in [-0.25, -0.2) is 0 Å². The Morgan fingerprint density at radius 2 is 2.33 bits per heavy atom. The Morgan fingerprint density at radius 3 is 2.80 bits per heavy atom. The van der Waals surface area contributed by atoms with Crippen LogP contribution in [0.3, 0.4) is 0 Å². The van der Waals surface area contributed by atoms with Crippen LogP contribution in [0.1, 0.15) is 6.42 Å². The predicted octanol–water partition coefficient (Wildman–Crippen LogP) is -1.23. The molecule has 9 heteroatoms. The van der Waals surface area contributed by atoms with Gasteiger partial charge < -0.3 is 5.73 Å². The van der Waals surface area contributed by atoms with Crippen molar-refractivity contribution in [2.75, 3.05) is 11.5 Å². The first-order valence-corrected chi connectivity index (χ1v) is 6.73. The van der Waals surface area contributed by atoms with E-state index < -0.39 is 27.9 Å². The van der Waals surface area contributed by atoms with E-state index in [0.29, 0.717) is 17.2 Å². The maximum absolute atomic E-state index is 11.3. The molecular formula is C6H10N2O5S2. The van der Waals surface area contributed by atoms with Crippen molar-refractivity contribution >= 4 is 28.1 Å². The van der Waals surface area contributed by atoms with Gasteiger partial charge in [-0.1, -0.05) is 0 Å². The van der Waals surface area contributed by atoms with Gasteiger partial charge in [0.15, 0.2) is 0 Å². The van der Waals surface area contributed by atoms with Crippen LogP contribution in [-0.4, -0.2) is 47.0 Å². The summed E-state index contributed by atoms with van der Waals surface area (Å²) in [5, 5.41) is 0.688. The number of hydroxylamine groups is 2. The summed E-state index contributed by atoms with van der Waals surface area (Å²) in [6.07, 6.45) is 0.570. The zero-order valence-corrected chi connectivity index (χ0v) is 9.25. The van der Waals surface area contributed by atoms with Crippen LogP contribution < -0.4 is 5.73 Å². The summed E-state index contributed by atoms with van der Waals surface area (Å²) in [5.41, 5.74) is 4.84. The number of hydrogen-bond acceptors (Lipinski definition) is 6. The van der Waals surface area contributed by atoms with Crippen LogP contribution in [-0.2, 0) is 19.5 Å². The second-order valence-corrected chi connectivity index (χ2v) is 5.63. The quantitative estimate of drug-likeness (QED) is 0.468. The van der Waals surface area contributed by atoms with E-state index in [2.05, 4.69) is 4.28 Å². The van der Waals surface area contributed by atoms with Gasteiger partial charge in [0.2, 0.25) is 0 Å². The first kappa shape index (κ1) is 11.1. The molecular weight excluding hydrogens is 244 g/mol. The largest absolute Gasteiger partial charge is 0.418 e. The summed E-state index contributed by atoms with van der Waals surface area (Å²) in [6, 6.07) is -0.741. The van der Waals surface area contributed by atoms with Gasteiger partial charge in [-0.3, -0.25) is 9.35 Å². The van der Waals surface area contributed by atoms with Gasteiger partial charge in [-0.15, -0.1) is 4.28 Å². The average molecular weight is 254 g/mol. The normalized spacial score (nSPS) is 36.0. The molecule has 0 aromatic rings. The molecule has 7 nitrogen and oxygen atoms in total. The average Bonchev–Trinajstić information content (AvgIpc) is 2.62. The molecule has 0 radical (unpaired) electrons. The molecule has 1 spiro atoms. The third-order valence-electron chi connectivity index (χ3n) is 2.65. The minimum absolute atomic E-state index is 0.523. The fraction of sp³-hybridized carbons (Fsp3) is 0.833. The lowest BCUT2D eigenvalue weighted by Gasteiger charge is -2.50. The van der Waals surface area contributed by atoms with Crippen molar-refractivity contribution in [3.63, 3.8) is 0 Å². The zero-order valence-electron chi connectivity index (χ0n) is 7.62. The Kier molecular flexibility index (Phi) is 2.47. The molecule has 2 rings (SSSR count). The van der Waals surface area contributed by atoms with Crippen LogP contribution in [0.5, 0.6) is 0 Å². The number of amides is 1. The van der Waals surface area contributed by atoms with Crippen LogP contribution in [0.2, 0.25) is 0 Å². The minimum atomic E-state index is -4.66. The van der Waals surface area contributed by atoms with Gasteiger partial charge in [0.1, 0.15) is 11.6 Å². The van der Waals surface area contributed by atoms with E-state index in [9.17, 15) is 13.2 Å². The highest BCUT2D eigenvalue weighted by atomic mass is 32.3. The molecule has 0 saturated carbocycles. The Balaban J connectivity index is 2.20. The number of β-lactam (4-membered cyclic amide) rings is 1. The van der Waals surface area contributed by atoms with Gasteiger partial charge in [0.25, 0.3) is 5.91 Å². The van der Waals surface area contributed by atoms with Crippen molar-refractivity contribution in [1.82, 2.24) is 5.06 Å². The fourth-order valence-corrected chi connectivity index (χ4v) is 3.66. The van der Waals surface area contributed by atoms with Crippen LogP contribution in [0.4, 0.5) is 0 Å². The Hall–Kier alpha value is -0.350. The molecule has 0 bridgehead atoms. The number of thioether (sulfide) groups is 1. The summed E-state index contributed by atoms with van der Waals surface area (Å²) >= 11 is 1.56. The highest BCUT2D eigenvalue weighted by Gasteiger charge is 2.62. The fourth-order valence-electron chi connectivity index (χ4n) is 1.82. The lowest BCUT2D eigenvalue weighted by atomic mass is 9.81. The molecule has 0 aromatic carbocycles. The van der Waals surface area contributed by atoms with E-state index in [1.54, 1.807) is 11.8 Å². The highest BCUT2D eigenvalue weighted by Crippen LogP contribution is 2.43. The molecule has 1 amide bonds. The van der Waals surface area contributed by atoms with Crippen molar-refractivity contribution < 1.29 is 22.0 Å². The van der Waals surface area contributed by atoms with E-state index in [1.165, 1.54) is 0 Å². The van der Waals surface area contributed by atoms with Crippen LogP contribution in [0, 0.1) is 0 Å². The first-order chi connectivity index (χ1) is 6.87. The van der Waals surface area contributed by atoms with Crippen molar-refractivity contribution in [1.29, 1.82) is 0 Å². The summed E-state index contributed by atoms with van der Waals surface area (Å²) in [5.74, 6) is 0.692. The maximum atomic E-state index is 11.3. The molecule has 2 aliphatic heterocycles. The molecule has 2 saturated heterocycles. The summed E-state index contributed by atoms with van der Waals surface area (Å²) in [6.45, 7) is 0. The van der Waals surface area contributed by atoms with Gasteiger partial charge in [-0.05, 0) is 12.2 Å². The van der Waals surface area contributed by atoms with Crippen molar-refractivity contribution in [3.05, 3.63) is 0 Å². The topological polar surface area (TPSA) is 110 Å². The lowest BCUT2D eigenvalue weighted by molar-refractivity contribution is -0.216. The van der Waals surface area contributed by atoms with Gasteiger partial charge >= 0.3 is 10.4 Å². The SMILES string of the molecule is NC1C(=O)N(OS(=O)(=O)O)C12CCSC2. The second-order valence-electron chi connectivity index (χ2n) is 3.52. The molecule has 2 atom stereocenters. The molecule has 3 N–H and O–H groups in total. The molecule has 0 aromatic heterocycles. The number of hydrogen-bond donors (Lipinski definition) is 2. The Morgan fingerprint density at radius 1 is 1.67 bits per heavy atom. The lowest BCUT2D eigenvalue weighted by Crippen LogP contribution is -2.77. The Labute approximate surface area is 90.8 Å². The monoisotopic (exact) mass is 254 g/mol. The van der Waals surface area contributed by atoms with Crippen molar-refractivity contribution in [3.8, 4) is 0 Å². The third-order valence-corrected chi connectivity index (χ3v) is 4.18. The molecule has 0 aliphatic carbocycles. The van der Waals surface area contributed by atoms with E-state index in [-0.39, 0.29) is 0 Å². The van der Waals surface area contributed by atoms with Crippen LogP contribution in [0.15, 0.2) is 0 Å². The first-order valence-electron chi connectivity index (χ1n) is 4.21. The maximum Gasteiger partial charge on any atom is 0.418 e. The zero-order chi connectivity index (χ0) is 11.3. The second kappa shape index (κ2) is 3.32. The third kappa shape index (κ3) is 1.64. The number of rotatable bonds is 2. The summed E-state index contributed by atoms with van der Waals surface area (Å²) in [7, 11) is -4.66. The smallest absolute Gasteiger partial charge is 0.318 e.